The molecule has 0 spiro atoms. The Bertz CT molecular complexity index is 1320. The predicted octanol–water partition coefficient (Wildman–Crippen LogP) is 2.59. The number of sulfone groups is 1. The van der Waals surface area contributed by atoms with Gasteiger partial charge < -0.3 is 14.1 Å². The van der Waals surface area contributed by atoms with E-state index < -0.39 is 15.7 Å². The van der Waals surface area contributed by atoms with Crippen LogP contribution in [-0.2, 0) is 24.2 Å². The number of carbonyl (C=O) groups excluding carboxylic acids is 1. The van der Waals surface area contributed by atoms with Gasteiger partial charge in [0.1, 0.15) is 0 Å². The third kappa shape index (κ3) is 4.86. The standard InChI is InChI=1S/C21H21N5O6S2/c1-12-23-19(26-31-12)17-10-22-21(33-17)24-20(27)18(25-32-14-8-9-30-11-14)13-2-4-15(5-3-13)34(28,29)16-6-7-16/h2-5,10,14,16H,6-9,11H2,1H3,(H,22,24,27)/t14-/m1/s1. The molecule has 0 unspecified atom stereocenters. The second-order valence-electron chi connectivity index (χ2n) is 7.92. The molecule has 0 radical (unpaired) electrons. The summed E-state index contributed by atoms with van der Waals surface area (Å²) in [6, 6.07) is 6.09. The summed E-state index contributed by atoms with van der Waals surface area (Å²) < 4.78 is 35.3. The van der Waals surface area contributed by atoms with Crippen LogP contribution in [0.1, 0.15) is 30.7 Å². The molecule has 178 valence electrons. The Morgan fingerprint density at radius 1 is 1.24 bits per heavy atom. The molecule has 1 N–H and O–H groups in total. The largest absolute Gasteiger partial charge is 0.389 e. The third-order valence-electron chi connectivity index (χ3n) is 5.29. The van der Waals surface area contributed by atoms with Gasteiger partial charge in [-0.1, -0.05) is 33.8 Å². The summed E-state index contributed by atoms with van der Waals surface area (Å²) in [6.45, 7) is 2.63. The lowest BCUT2D eigenvalue weighted by Gasteiger charge is -2.10. The maximum Gasteiger partial charge on any atom is 0.280 e. The number of aromatic nitrogens is 3. The highest BCUT2D eigenvalue weighted by Crippen LogP contribution is 2.33. The van der Waals surface area contributed by atoms with Crippen LogP contribution in [0, 0.1) is 6.92 Å². The minimum Gasteiger partial charge on any atom is -0.389 e. The first-order valence-electron chi connectivity index (χ1n) is 10.6. The summed E-state index contributed by atoms with van der Waals surface area (Å²) in [7, 11) is -3.34. The van der Waals surface area contributed by atoms with E-state index in [2.05, 4.69) is 25.6 Å². The normalized spacial score (nSPS) is 18.7. The quantitative estimate of drug-likeness (QED) is 0.362. The molecule has 1 aliphatic heterocycles. The zero-order valence-corrected chi connectivity index (χ0v) is 19.8. The molecule has 5 rings (SSSR count). The van der Waals surface area contributed by atoms with Gasteiger partial charge in [-0.2, -0.15) is 4.98 Å². The number of nitrogens with zero attached hydrogens (tertiary/aromatic N) is 4. The van der Waals surface area contributed by atoms with Crippen LogP contribution in [0.4, 0.5) is 5.13 Å². The molecule has 3 aromatic rings. The van der Waals surface area contributed by atoms with Gasteiger partial charge in [-0.25, -0.2) is 13.4 Å². The topological polar surface area (TPSA) is 146 Å². The van der Waals surface area contributed by atoms with E-state index in [1.165, 1.54) is 29.7 Å². The van der Waals surface area contributed by atoms with Gasteiger partial charge in [0.2, 0.25) is 11.7 Å². The zero-order valence-electron chi connectivity index (χ0n) is 18.1. The van der Waals surface area contributed by atoms with Crippen molar-refractivity contribution in [2.45, 2.75) is 42.4 Å². The van der Waals surface area contributed by atoms with Crippen LogP contribution in [0.25, 0.3) is 10.7 Å². The molecular weight excluding hydrogens is 482 g/mol. The van der Waals surface area contributed by atoms with Crippen molar-refractivity contribution in [3.05, 3.63) is 41.9 Å². The van der Waals surface area contributed by atoms with Gasteiger partial charge in [0.15, 0.2) is 26.8 Å². The highest BCUT2D eigenvalue weighted by atomic mass is 32.2. The fourth-order valence-corrected chi connectivity index (χ4v) is 5.71. The van der Waals surface area contributed by atoms with E-state index in [0.29, 0.717) is 59.8 Å². The SMILES string of the molecule is Cc1nc(-c2cnc(NC(=O)C(=NO[C@@H]3CCOC3)c3ccc(S(=O)(=O)C4CC4)cc3)s2)no1. The molecule has 1 amide bonds. The van der Waals surface area contributed by atoms with Gasteiger partial charge in [0.25, 0.3) is 5.91 Å². The number of carbonyl (C=O) groups is 1. The fraction of sp³-hybridized carbons (Fsp3) is 0.381. The first-order chi connectivity index (χ1) is 16.4. The fourth-order valence-electron chi connectivity index (χ4n) is 3.31. The van der Waals surface area contributed by atoms with E-state index in [0.717, 1.165) is 0 Å². The van der Waals surface area contributed by atoms with Gasteiger partial charge in [-0.15, -0.1) is 0 Å². The molecule has 1 saturated carbocycles. The van der Waals surface area contributed by atoms with Crippen molar-refractivity contribution in [3.63, 3.8) is 0 Å². The number of oxime groups is 1. The number of aryl methyl sites for hydroxylation is 1. The number of anilines is 1. The van der Waals surface area contributed by atoms with Crippen molar-refractivity contribution < 1.29 is 27.3 Å². The first-order valence-corrected chi connectivity index (χ1v) is 13.0. The lowest BCUT2D eigenvalue weighted by atomic mass is 10.1. The van der Waals surface area contributed by atoms with E-state index in [9.17, 15) is 13.2 Å². The number of benzene rings is 1. The number of nitrogens with one attached hydrogen (secondary N) is 1. The van der Waals surface area contributed by atoms with Gasteiger partial charge in [0.05, 0.1) is 34.4 Å². The summed E-state index contributed by atoms with van der Waals surface area (Å²) in [6.07, 6.45) is 3.29. The molecule has 2 aromatic heterocycles. The minimum absolute atomic E-state index is 0.00516. The van der Waals surface area contributed by atoms with Crippen LogP contribution in [-0.4, -0.2) is 59.7 Å². The van der Waals surface area contributed by atoms with E-state index >= 15 is 0 Å². The maximum absolute atomic E-state index is 13.1. The third-order valence-corrected chi connectivity index (χ3v) is 8.48. The van der Waals surface area contributed by atoms with Crippen LogP contribution < -0.4 is 5.32 Å². The van der Waals surface area contributed by atoms with Crippen LogP contribution in [0.3, 0.4) is 0 Å². The van der Waals surface area contributed by atoms with Crippen molar-refractivity contribution in [2.24, 2.45) is 5.16 Å². The second kappa shape index (κ2) is 9.24. The van der Waals surface area contributed by atoms with E-state index in [1.807, 2.05) is 0 Å². The lowest BCUT2D eigenvalue weighted by Crippen LogP contribution is -2.25. The molecule has 1 aliphatic carbocycles. The second-order valence-corrected chi connectivity index (χ2v) is 11.2. The number of rotatable bonds is 8. The highest BCUT2D eigenvalue weighted by molar-refractivity contribution is 7.92. The Hall–Kier alpha value is -3.16. The maximum atomic E-state index is 13.1. The molecule has 11 nitrogen and oxygen atoms in total. The Morgan fingerprint density at radius 2 is 2.03 bits per heavy atom. The minimum atomic E-state index is -3.34. The first kappa shape index (κ1) is 22.6. The van der Waals surface area contributed by atoms with Crippen LogP contribution >= 0.6 is 11.3 Å². The summed E-state index contributed by atoms with van der Waals surface area (Å²) in [5.41, 5.74) is 0.408. The summed E-state index contributed by atoms with van der Waals surface area (Å²) in [4.78, 5) is 27.8. The average Bonchev–Trinajstić information content (AvgIpc) is 3.18. The van der Waals surface area contributed by atoms with Crippen molar-refractivity contribution in [1.82, 2.24) is 15.1 Å². The van der Waals surface area contributed by atoms with Crippen molar-refractivity contribution >= 4 is 37.9 Å². The molecule has 1 saturated heterocycles. The van der Waals surface area contributed by atoms with Crippen LogP contribution in [0.15, 0.2) is 45.0 Å². The van der Waals surface area contributed by atoms with Crippen molar-refractivity contribution in [2.75, 3.05) is 18.5 Å². The van der Waals surface area contributed by atoms with E-state index in [4.69, 9.17) is 14.1 Å². The Labute approximate surface area is 199 Å². The molecule has 2 fully saturated rings. The Balaban J connectivity index is 1.37. The number of amides is 1. The van der Waals surface area contributed by atoms with Crippen LogP contribution in [0.5, 0.6) is 0 Å². The van der Waals surface area contributed by atoms with Gasteiger partial charge in [-0.3, -0.25) is 10.1 Å². The summed E-state index contributed by atoms with van der Waals surface area (Å²) in [5, 5.41) is 10.6. The predicted molar refractivity (Wildman–Crippen MR) is 122 cm³/mol. The summed E-state index contributed by atoms with van der Waals surface area (Å²) in [5.74, 6) is 0.243. The smallest absolute Gasteiger partial charge is 0.280 e. The van der Waals surface area contributed by atoms with Crippen molar-refractivity contribution in [3.8, 4) is 10.7 Å². The summed E-state index contributed by atoms with van der Waals surface area (Å²) >= 11 is 1.18. The van der Waals surface area contributed by atoms with E-state index in [1.54, 1.807) is 19.1 Å². The van der Waals surface area contributed by atoms with Gasteiger partial charge in [-0.05, 0) is 25.0 Å². The van der Waals surface area contributed by atoms with Gasteiger partial charge >= 0.3 is 0 Å². The molecule has 34 heavy (non-hydrogen) atoms. The zero-order chi connectivity index (χ0) is 23.7. The Morgan fingerprint density at radius 3 is 2.68 bits per heavy atom. The van der Waals surface area contributed by atoms with Gasteiger partial charge in [0, 0.05) is 18.9 Å². The number of hydrogen-bond donors (Lipinski definition) is 1. The lowest BCUT2D eigenvalue weighted by molar-refractivity contribution is -0.110. The monoisotopic (exact) mass is 503 g/mol. The molecule has 1 aromatic carbocycles. The molecule has 0 bridgehead atoms. The average molecular weight is 504 g/mol. The molecular formula is C21H21N5O6S2. The van der Waals surface area contributed by atoms with Crippen LogP contribution in [0.2, 0.25) is 0 Å². The number of thiazole rings is 1. The molecule has 13 heteroatoms. The van der Waals surface area contributed by atoms with E-state index in [-0.39, 0.29) is 22.0 Å². The number of ether oxygens (including phenoxy) is 1. The number of hydrogen-bond acceptors (Lipinski definition) is 11. The molecule has 2 aliphatic rings. The molecule has 3 heterocycles. The Kier molecular flexibility index (Phi) is 6.15. The van der Waals surface area contributed by atoms with Crippen molar-refractivity contribution in [1.29, 1.82) is 0 Å². The molecule has 1 atom stereocenters. The highest BCUT2D eigenvalue weighted by Gasteiger charge is 2.36.